The molecule has 2 aromatic heterocycles. The van der Waals surface area contributed by atoms with Gasteiger partial charge in [-0.25, -0.2) is 4.79 Å². The zero-order chi connectivity index (χ0) is 22.1. The molecule has 0 atom stereocenters. The van der Waals surface area contributed by atoms with Crippen LogP contribution >= 0.6 is 23.6 Å². The van der Waals surface area contributed by atoms with Crippen LogP contribution in [-0.4, -0.2) is 28.0 Å². The van der Waals surface area contributed by atoms with Gasteiger partial charge < -0.3 is 15.4 Å². The second-order valence-electron chi connectivity index (χ2n) is 7.76. The Bertz CT molecular complexity index is 1160. The molecule has 0 aliphatic heterocycles. The minimum Gasteiger partial charge on any atom is -0.465 e. The second-order valence-corrected chi connectivity index (χ2v) is 9.28. The number of ether oxygens (including phenoxy) is 1. The summed E-state index contributed by atoms with van der Waals surface area (Å²) in [7, 11) is 1.41. The molecule has 2 N–H and O–H groups in total. The maximum Gasteiger partial charge on any atom is 0.341 e. The van der Waals surface area contributed by atoms with E-state index in [1.54, 1.807) is 11.3 Å². The third-order valence-corrected chi connectivity index (χ3v) is 7.15. The topological polar surface area (TPSA) is 68.2 Å². The lowest BCUT2D eigenvalue weighted by molar-refractivity contribution is 0.0601. The molecule has 4 rings (SSSR count). The molecule has 0 radical (unpaired) electrons. The molecule has 0 spiro atoms. The fourth-order valence-electron chi connectivity index (χ4n) is 4.04. The summed E-state index contributed by atoms with van der Waals surface area (Å²) in [5.41, 5.74) is 6.95. The summed E-state index contributed by atoms with van der Waals surface area (Å²) in [4.78, 5) is 13.6. The third-order valence-electron chi connectivity index (χ3n) is 5.74. The number of anilines is 2. The van der Waals surface area contributed by atoms with Gasteiger partial charge in [0.15, 0.2) is 5.11 Å². The highest BCUT2D eigenvalue weighted by Crippen LogP contribution is 2.39. The largest absolute Gasteiger partial charge is 0.465 e. The summed E-state index contributed by atoms with van der Waals surface area (Å²) in [5.74, 6) is -0.317. The van der Waals surface area contributed by atoms with Crippen LogP contribution in [0.1, 0.15) is 49.7 Å². The molecular formula is C23H26N4O2S2. The van der Waals surface area contributed by atoms with Gasteiger partial charge in [-0.3, -0.25) is 4.68 Å². The molecule has 0 unspecified atom stereocenters. The SMILES string of the molecule is COC(=O)c1c(NC(=S)Nc2c(C)nn(Cc3ccccc3C)c2C)sc2c1CCC2. The summed E-state index contributed by atoms with van der Waals surface area (Å²) >= 11 is 7.17. The van der Waals surface area contributed by atoms with Crippen molar-refractivity contribution in [2.45, 2.75) is 46.6 Å². The molecule has 0 saturated heterocycles. The minimum absolute atomic E-state index is 0.317. The number of carbonyl (C=O) groups excluding carboxylic acids is 1. The predicted octanol–water partition coefficient (Wildman–Crippen LogP) is 5.00. The van der Waals surface area contributed by atoms with Crippen molar-refractivity contribution in [1.82, 2.24) is 9.78 Å². The molecule has 31 heavy (non-hydrogen) atoms. The first-order valence-electron chi connectivity index (χ1n) is 10.3. The molecule has 0 amide bonds. The Labute approximate surface area is 191 Å². The molecule has 1 aromatic carbocycles. The van der Waals surface area contributed by atoms with Crippen molar-refractivity contribution < 1.29 is 9.53 Å². The molecule has 2 heterocycles. The van der Waals surface area contributed by atoms with Gasteiger partial charge in [-0.1, -0.05) is 24.3 Å². The monoisotopic (exact) mass is 454 g/mol. The number of nitrogens with one attached hydrogen (secondary N) is 2. The van der Waals surface area contributed by atoms with E-state index in [2.05, 4.69) is 29.7 Å². The Morgan fingerprint density at radius 1 is 1.23 bits per heavy atom. The highest BCUT2D eigenvalue weighted by Gasteiger charge is 2.27. The third kappa shape index (κ3) is 4.22. The van der Waals surface area contributed by atoms with Crippen LogP contribution in [0.2, 0.25) is 0 Å². The number of hydrogen-bond donors (Lipinski definition) is 2. The molecule has 0 fully saturated rings. The van der Waals surface area contributed by atoms with Crippen LogP contribution < -0.4 is 10.6 Å². The van der Waals surface area contributed by atoms with Crippen molar-refractivity contribution in [2.75, 3.05) is 17.7 Å². The molecule has 6 nitrogen and oxygen atoms in total. The van der Waals surface area contributed by atoms with Gasteiger partial charge in [0, 0.05) is 4.88 Å². The number of benzene rings is 1. The predicted molar refractivity (Wildman–Crippen MR) is 130 cm³/mol. The van der Waals surface area contributed by atoms with Crippen LogP contribution in [-0.2, 0) is 24.1 Å². The number of aromatic nitrogens is 2. The Kier molecular flexibility index (Phi) is 6.11. The van der Waals surface area contributed by atoms with E-state index in [1.165, 1.54) is 23.1 Å². The Morgan fingerprint density at radius 3 is 2.74 bits per heavy atom. The van der Waals surface area contributed by atoms with Crippen molar-refractivity contribution in [2.24, 2.45) is 0 Å². The summed E-state index contributed by atoms with van der Waals surface area (Å²) in [5, 5.41) is 12.4. The van der Waals surface area contributed by atoms with Crippen LogP contribution in [0.5, 0.6) is 0 Å². The van der Waals surface area contributed by atoms with Crippen LogP contribution in [0.15, 0.2) is 24.3 Å². The van der Waals surface area contributed by atoms with E-state index in [-0.39, 0.29) is 5.97 Å². The van der Waals surface area contributed by atoms with Crippen LogP contribution in [0.4, 0.5) is 10.7 Å². The fraction of sp³-hybridized carbons (Fsp3) is 0.348. The number of nitrogens with zero attached hydrogens (tertiary/aromatic N) is 2. The Hall–Kier alpha value is -2.71. The maximum absolute atomic E-state index is 12.4. The highest BCUT2D eigenvalue weighted by atomic mass is 32.1. The quantitative estimate of drug-likeness (QED) is 0.418. The fourth-order valence-corrected chi connectivity index (χ4v) is 5.59. The Morgan fingerprint density at radius 2 is 2.00 bits per heavy atom. The van der Waals surface area contributed by atoms with E-state index in [0.29, 0.717) is 17.2 Å². The number of methoxy groups -OCH3 is 1. The van der Waals surface area contributed by atoms with E-state index in [1.807, 2.05) is 30.7 Å². The zero-order valence-electron chi connectivity index (χ0n) is 18.2. The number of esters is 1. The summed E-state index contributed by atoms with van der Waals surface area (Å²) in [6.07, 6.45) is 2.98. The molecule has 0 bridgehead atoms. The number of thiocarbonyl (C=S) groups is 1. The lowest BCUT2D eigenvalue weighted by Crippen LogP contribution is -2.21. The average molecular weight is 455 g/mol. The Balaban J connectivity index is 1.53. The lowest BCUT2D eigenvalue weighted by Gasteiger charge is -2.12. The molecule has 8 heteroatoms. The maximum atomic E-state index is 12.4. The molecule has 3 aromatic rings. The van der Waals surface area contributed by atoms with Gasteiger partial charge >= 0.3 is 5.97 Å². The van der Waals surface area contributed by atoms with Crippen molar-refractivity contribution in [3.63, 3.8) is 0 Å². The van der Waals surface area contributed by atoms with Gasteiger partial charge in [-0.2, -0.15) is 5.10 Å². The lowest BCUT2D eigenvalue weighted by atomic mass is 10.1. The van der Waals surface area contributed by atoms with Gasteiger partial charge in [-0.15, -0.1) is 11.3 Å². The highest BCUT2D eigenvalue weighted by molar-refractivity contribution is 7.80. The molecule has 1 aliphatic rings. The number of carbonyl (C=O) groups is 1. The van der Waals surface area contributed by atoms with Crippen LogP contribution in [0.25, 0.3) is 0 Å². The first kappa shape index (κ1) is 21.5. The average Bonchev–Trinajstić information content (AvgIpc) is 3.39. The normalized spacial score (nSPS) is 12.5. The number of thiophene rings is 1. The molecule has 162 valence electrons. The van der Waals surface area contributed by atoms with Gasteiger partial charge in [0.1, 0.15) is 5.00 Å². The molecular weight excluding hydrogens is 428 g/mol. The second kappa shape index (κ2) is 8.80. The minimum atomic E-state index is -0.317. The summed E-state index contributed by atoms with van der Waals surface area (Å²) in [6.45, 7) is 6.80. The number of aryl methyl sites for hydroxylation is 3. The van der Waals surface area contributed by atoms with Crippen molar-refractivity contribution in [3.8, 4) is 0 Å². The van der Waals surface area contributed by atoms with Crippen molar-refractivity contribution in [3.05, 3.63) is 62.8 Å². The van der Waals surface area contributed by atoms with Gasteiger partial charge in [0.25, 0.3) is 0 Å². The number of hydrogen-bond acceptors (Lipinski definition) is 5. The van der Waals surface area contributed by atoms with Crippen LogP contribution in [0.3, 0.4) is 0 Å². The van der Waals surface area contributed by atoms with Gasteiger partial charge in [-0.05, 0) is 68.9 Å². The summed E-state index contributed by atoms with van der Waals surface area (Å²) in [6, 6.07) is 8.32. The van der Waals surface area contributed by atoms with Gasteiger partial charge in [0.05, 0.1) is 36.3 Å². The number of fused-ring (bicyclic) bond motifs is 1. The zero-order valence-corrected chi connectivity index (χ0v) is 19.8. The van der Waals surface area contributed by atoms with E-state index >= 15 is 0 Å². The first-order chi connectivity index (χ1) is 14.9. The number of rotatable bonds is 5. The van der Waals surface area contributed by atoms with Crippen molar-refractivity contribution >= 4 is 45.3 Å². The standard InChI is InChI=1S/C23H26N4O2S2/c1-13-8-5-6-9-16(13)12-27-15(3)20(14(2)26-27)24-23(30)25-21-19(22(28)29-4)17-10-7-11-18(17)31-21/h5-6,8-9H,7,10-12H2,1-4H3,(H2,24,25,30). The van der Waals surface area contributed by atoms with E-state index < -0.39 is 0 Å². The molecule has 1 aliphatic carbocycles. The van der Waals surface area contributed by atoms with Crippen LogP contribution in [0, 0.1) is 20.8 Å². The van der Waals surface area contributed by atoms with Gasteiger partial charge in [0.2, 0.25) is 0 Å². The van der Waals surface area contributed by atoms with E-state index in [9.17, 15) is 4.79 Å². The van der Waals surface area contributed by atoms with E-state index in [0.717, 1.165) is 46.9 Å². The molecule has 0 saturated carbocycles. The summed E-state index contributed by atoms with van der Waals surface area (Å²) < 4.78 is 7.01. The van der Waals surface area contributed by atoms with Crippen molar-refractivity contribution in [1.29, 1.82) is 0 Å². The first-order valence-corrected chi connectivity index (χ1v) is 11.5. The smallest absolute Gasteiger partial charge is 0.341 e. The van der Waals surface area contributed by atoms with E-state index in [4.69, 9.17) is 22.1 Å².